The van der Waals surface area contributed by atoms with Gasteiger partial charge in [-0.25, -0.2) is 4.79 Å². The summed E-state index contributed by atoms with van der Waals surface area (Å²) < 4.78 is 11.4. The summed E-state index contributed by atoms with van der Waals surface area (Å²) in [6.45, 7) is 1.71. The van der Waals surface area contributed by atoms with Crippen LogP contribution < -0.4 is 10.3 Å². The van der Waals surface area contributed by atoms with Crippen molar-refractivity contribution in [3.8, 4) is 17.2 Å². The number of esters is 1. The third-order valence-corrected chi connectivity index (χ3v) is 4.15. The van der Waals surface area contributed by atoms with E-state index < -0.39 is 22.8 Å². The third kappa shape index (κ3) is 2.99. The van der Waals surface area contributed by atoms with Crippen LogP contribution in [0.15, 0.2) is 47.3 Å². The second kappa shape index (κ2) is 7.09. The number of carbonyl (C=O) groups excluding carboxylic acids is 1. The van der Waals surface area contributed by atoms with Gasteiger partial charge in [-0.1, -0.05) is 11.6 Å². The minimum Gasteiger partial charge on any atom is -0.506 e. The highest BCUT2D eigenvalue weighted by Crippen LogP contribution is 2.30. The van der Waals surface area contributed by atoms with E-state index in [9.17, 15) is 14.7 Å². The lowest BCUT2D eigenvalue weighted by Gasteiger charge is -2.15. The largest absolute Gasteiger partial charge is 0.506 e. The molecule has 3 aromatic rings. The van der Waals surface area contributed by atoms with Gasteiger partial charge < -0.3 is 14.6 Å². The molecule has 0 aliphatic rings. The number of rotatable bonds is 4. The highest BCUT2D eigenvalue weighted by Gasteiger charge is 2.24. The smallest absolute Gasteiger partial charge is 0.347 e. The van der Waals surface area contributed by atoms with Crippen molar-refractivity contribution in [1.29, 1.82) is 0 Å². The minimum absolute atomic E-state index is 0.0822. The number of aromatic nitrogens is 1. The second-order valence-electron chi connectivity index (χ2n) is 5.44. The summed E-state index contributed by atoms with van der Waals surface area (Å²) in [5, 5.41) is 11.2. The van der Waals surface area contributed by atoms with Crippen LogP contribution in [0.25, 0.3) is 16.6 Å². The van der Waals surface area contributed by atoms with E-state index in [-0.39, 0.29) is 6.61 Å². The zero-order valence-corrected chi connectivity index (χ0v) is 14.9. The number of fused-ring (bicyclic) bond motifs is 1. The van der Waals surface area contributed by atoms with Gasteiger partial charge in [-0.2, -0.15) is 0 Å². The Hall–Kier alpha value is -2.99. The molecular weight excluding hydrogens is 358 g/mol. The van der Waals surface area contributed by atoms with Crippen molar-refractivity contribution in [2.45, 2.75) is 6.92 Å². The topological polar surface area (TPSA) is 77.8 Å². The molecule has 0 aliphatic heterocycles. The predicted octanol–water partition coefficient (Wildman–Crippen LogP) is 3.54. The molecule has 1 N–H and O–H groups in total. The van der Waals surface area contributed by atoms with Crippen molar-refractivity contribution in [1.82, 2.24) is 4.57 Å². The summed E-state index contributed by atoms with van der Waals surface area (Å²) in [6.07, 6.45) is 0. The number of hydrogen-bond acceptors (Lipinski definition) is 5. The standard InChI is InChI=1S/C19H16ClNO5/c1-3-26-19(24)16-17(22)14-9-4-11(20)10-15(14)21(18(16)23)12-5-7-13(25-2)8-6-12/h4-10,22H,3H2,1-2H3. The maximum absolute atomic E-state index is 13.0. The SMILES string of the molecule is CCOC(=O)c1c(O)c2ccc(Cl)cc2n(-c2ccc(OC)cc2)c1=O. The van der Waals surface area contributed by atoms with Crippen LogP contribution >= 0.6 is 11.6 Å². The molecule has 0 saturated carbocycles. The van der Waals surface area contributed by atoms with E-state index in [1.807, 2.05) is 0 Å². The zero-order valence-electron chi connectivity index (χ0n) is 14.2. The summed E-state index contributed by atoms with van der Waals surface area (Å²) >= 11 is 6.07. The van der Waals surface area contributed by atoms with E-state index in [1.54, 1.807) is 49.4 Å². The summed E-state index contributed by atoms with van der Waals surface area (Å²) in [7, 11) is 1.54. The summed E-state index contributed by atoms with van der Waals surface area (Å²) in [6, 6.07) is 11.4. The molecule has 0 amide bonds. The van der Waals surface area contributed by atoms with Crippen LogP contribution in [0.5, 0.6) is 11.5 Å². The first-order chi connectivity index (χ1) is 12.5. The Kier molecular flexibility index (Phi) is 4.86. The van der Waals surface area contributed by atoms with Crippen molar-refractivity contribution in [2.24, 2.45) is 0 Å². The van der Waals surface area contributed by atoms with Gasteiger partial charge in [0.25, 0.3) is 5.56 Å². The average molecular weight is 374 g/mol. The van der Waals surface area contributed by atoms with E-state index in [0.717, 1.165) is 0 Å². The Bertz CT molecular complexity index is 1040. The third-order valence-electron chi connectivity index (χ3n) is 3.92. The molecule has 0 atom stereocenters. The van der Waals surface area contributed by atoms with Crippen LogP contribution in [0.3, 0.4) is 0 Å². The van der Waals surface area contributed by atoms with Gasteiger partial charge in [0.2, 0.25) is 0 Å². The van der Waals surface area contributed by atoms with Gasteiger partial charge in [-0.15, -0.1) is 0 Å². The van der Waals surface area contributed by atoms with Crippen LogP contribution in [0, 0.1) is 0 Å². The number of ether oxygens (including phenoxy) is 2. The Balaban J connectivity index is 2.40. The first-order valence-corrected chi connectivity index (χ1v) is 8.24. The summed E-state index contributed by atoms with van der Waals surface area (Å²) in [4.78, 5) is 25.3. The molecule has 0 fully saturated rings. The van der Waals surface area contributed by atoms with Crippen LogP contribution in [0.2, 0.25) is 5.02 Å². The lowest BCUT2D eigenvalue weighted by atomic mass is 10.1. The second-order valence-corrected chi connectivity index (χ2v) is 5.88. The molecule has 0 spiro atoms. The zero-order chi connectivity index (χ0) is 18.8. The van der Waals surface area contributed by atoms with Gasteiger partial charge in [-0.05, 0) is 49.4 Å². The Morgan fingerprint density at radius 2 is 1.88 bits per heavy atom. The normalized spacial score (nSPS) is 10.7. The van der Waals surface area contributed by atoms with Crippen molar-refractivity contribution < 1.29 is 19.4 Å². The van der Waals surface area contributed by atoms with E-state index in [1.165, 1.54) is 11.7 Å². The maximum atomic E-state index is 13.0. The lowest BCUT2D eigenvalue weighted by molar-refractivity contribution is 0.0521. The fourth-order valence-corrected chi connectivity index (χ4v) is 2.89. The first kappa shape index (κ1) is 17.8. The van der Waals surface area contributed by atoms with Crippen LogP contribution in [-0.4, -0.2) is 29.4 Å². The van der Waals surface area contributed by atoms with E-state index >= 15 is 0 Å². The lowest BCUT2D eigenvalue weighted by Crippen LogP contribution is -2.27. The van der Waals surface area contributed by atoms with Crippen molar-refractivity contribution >= 4 is 28.5 Å². The molecule has 2 aromatic carbocycles. The first-order valence-electron chi connectivity index (χ1n) is 7.86. The molecule has 7 heteroatoms. The molecule has 0 bridgehead atoms. The number of carbonyl (C=O) groups is 1. The molecule has 0 unspecified atom stereocenters. The molecule has 0 radical (unpaired) electrons. The maximum Gasteiger partial charge on any atom is 0.347 e. The van der Waals surface area contributed by atoms with Gasteiger partial charge in [-0.3, -0.25) is 9.36 Å². The molecule has 134 valence electrons. The highest BCUT2D eigenvalue weighted by atomic mass is 35.5. The van der Waals surface area contributed by atoms with Gasteiger partial charge in [0, 0.05) is 16.1 Å². The molecule has 0 saturated heterocycles. The molecule has 0 aliphatic carbocycles. The van der Waals surface area contributed by atoms with Crippen molar-refractivity contribution in [3.63, 3.8) is 0 Å². The predicted molar refractivity (Wildman–Crippen MR) is 98.7 cm³/mol. The minimum atomic E-state index is -0.880. The van der Waals surface area contributed by atoms with E-state index in [4.69, 9.17) is 21.1 Å². The average Bonchev–Trinajstić information content (AvgIpc) is 2.62. The fraction of sp³-hybridized carbons (Fsp3) is 0.158. The van der Waals surface area contributed by atoms with Crippen LogP contribution in [0.4, 0.5) is 0 Å². The molecule has 1 aromatic heterocycles. The number of benzene rings is 2. The molecule has 3 rings (SSSR count). The highest BCUT2D eigenvalue weighted by molar-refractivity contribution is 6.31. The van der Waals surface area contributed by atoms with Gasteiger partial charge >= 0.3 is 5.97 Å². The monoisotopic (exact) mass is 373 g/mol. The number of methoxy groups -OCH3 is 1. The molecule has 1 heterocycles. The number of halogens is 1. The van der Waals surface area contributed by atoms with Crippen molar-refractivity contribution in [3.05, 3.63) is 63.4 Å². The Morgan fingerprint density at radius 1 is 1.19 bits per heavy atom. The molecule has 26 heavy (non-hydrogen) atoms. The fourth-order valence-electron chi connectivity index (χ4n) is 2.72. The summed E-state index contributed by atoms with van der Waals surface area (Å²) in [5.74, 6) is -0.687. The number of aromatic hydroxyl groups is 1. The summed E-state index contributed by atoms with van der Waals surface area (Å²) in [5.41, 5.74) is -0.245. The Labute approximate surface area is 154 Å². The quantitative estimate of drug-likeness (QED) is 0.708. The van der Waals surface area contributed by atoms with Gasteiger partial charge in [0.1, 0.15) is 11.5 Å². The van der Waals surface area contributed by atoms with Gasteiger partial charge in [0.15, 0.2) is 5.56 Å². The van der Waals surface area contributed by atoms with Crippen LogP contribution in [0.1, 0.15) is 17.3 Å². The number of pyridine rings is 1. The Morgan fingerprint density at radius 3 is 2.50 bits per heavy atom. The number of nitrogens with zero attached hydrogens (tertiary/aromatic N) is 1. The number of hydrogen-bond donors (Lipinski definition) is 1. The van der Waals surface area contributed by atoms with E-state index in [0.29, 0.717) is 27.4 Å². The molecular formula is C19H16ClNO5. The van der Waals surface area contributed by atoms with Crippen molar-refractivity contribution in [2.75, 3.05) is 13.7 Å². The van der Waals surface area contributed by atoms with Crippen LogP contribution in [-0.2, 0) is 4.74 Å². The van der Waals surface area contributed by atoms with Gasteiger partial charge in [0.05, 0.1) is 19.2 Å². The van der Waals surface area contributed by atoms with E-state index in [2.05, 4.69) is 0 Å². The molecule has 6 nitrogen and oxygen atoms in total.